The van der Waals surface area contributed by atoms with Crippen molar-refractivity contribution < 1.29 is 5.11 Å². The highest BCUT2D eigenvalue weighted by atomic mass is 16.3. The van der Waals surface area contributed by atoms with Crippen LogP contribution in [0.2, 0.25) is 0 Å². The molecule has 7 heteroatoms. The number of phenolic OH excluding ortho intramolecular Hbond substituents is 1. The Bertz CT molecular complexity index is 755. The zero-order chi connectivity index (χ0) is 19.8. The molecule has 1 fully saturated rings. The number of aromatic hydroxyl groups is 1. The number of anilines is 1. The number of aliphatic imine (C=N–C) groups is 1. The lowest BCUT2D eigenvalue weighted by Gasteiger charge is -2.34. The molecule has 1 aliphatic rings. The van der Waals surface area contributed by atoms with Crippen molar-refractivity contribution in [2.75, 3.05) is 31.1 Å². The van der Waals surface area contributed by atoms with Gasteiger partial charge in [-0.3, -0.25) is 9.67 Å². The number of nitrogens with zero attached hydrogens (tertiary/aromatic N) is 4. The largest absolute Gasteiger partial charge is 0.508 e. The lowest BCUT2D eigenvalue weighted by atomic mass is 10.1. The average Bonchev–Trinajstić information content (AvgIpc) is 3.13. The number of aryl methyl sites for hydroxylation is 2. The van der Waals surface area contributed by atoms with Gasteiger partial charge in [-0.05, 0) is 50.3 Å². The van der Waals surface area contributed by atoms with Crippen molar-refractivity contribution in [2.24, 2.45) is 12.0 Å². The van der Waals surface area contributed by atoms with Gasteiger partial charge < -0.3 is 20.6 Å². The van der Waals surface area contributed by atoms with Crippen molar-refractivity contribution in [3.8, 4) is 5.75 Å². The van der Waals surface area contributed by atoms with Crippen molar-refractivity contribution in [2.45, 2.75) is 38.6 Å². The van der Waals surface area contributed by atoms with Crippen molar-refractivity contribution >= 4 is 11.6 Å². The molecule has 1 atom stereocenters. The standard InChI is InChI=1S/C21H32N6O/c1-3-22-21(23-12-4-6-17-8-10-20(28)11-9-17)25-18-7-5-13-27(15-18)19-14-24-26(2)16-19/h8-11,14,16,18,28H,3-7,12-13,15H2,1-2H3,(H2,22,23,25). The quantitative estimate of drug-likeness (QED) is 0.388. The van der Waals surface area contributed by atoms with E-state index in [2.05, 4.69) is 33.8 Å². The van der Waals surface area contributed by atoms with Crippen molar-refractivity contribution in [3.63, 3.8) is 0 Å². The van der Waals surface area contributed by atoms with Crippen molar-refractivity contribution in [1.82, 2.24) is 20.4 Å². The van der Waals surface area contributed by atoms with E-state index in [4.69, 9.17) is 4.99 Å². The molecule has 28 heavy (non-hydrogen) atoms. The third-order valence-electron chi connectivity index (χ3n) is 4.99. The zero-order valence-electron chi connectivity index (χ0n) is 16.9. The minimum Gasteiger partial charge on any atom is -0.508 e. The lowest BCUT2D eigenvalue weighted by molar-refractivity contribution is 0.468. The minimum absolute atomic E-state index is 0.313. The second-order valence-electron chi connectivity index (χ2n) is 7.33. The van der Waals surface area contributed by atoms with Crippen LogP contribution in [0.4, 0.5) is 5.69 Å². The van der Waals surface area contributed by atoms with Crippen LogP contribution in [0.5, 0.6) is 5.75 Å². The van der Waals surface area contributed by atoms with E-state index in [1.807, 2.05) is 30.1 Å². The highest BCUT2D eigenvalue weighted by molar-refractivity contribution is 5.80. The van der Waals surface area contributed by atoms with Crippen LogP contribution in [0.15, 0.2) is 41.7 Å². The lowest BCUT2D eigenvalue weighted by Crippen LogP contribution is -2.51. The topological polar surface area (TPSA) is 77.7 Å². The number of phenols is 1. The molecule has 3 rings (SSSR count). The maximum atomic E-state index is 9.36. The molecule has 0 aliphatic carbocycles. The second-order valence-corrected chi connectivity index (χ2v) is 7.33. The van der Waals surface area contributed by atoms with Gasteiger partial charge in [-0.1, -0.05) is 12.1 Å². The summed E-state index contributed by atoms with van der Waals surface area (Å²) in [5, 5.41) is 20.6. The number of rotatable bonds is 7. The molecule has 0 spiro atoms. The van der Waals surface area contributed by atoms with Crippen LogP contribution in [-0.4, -0.2) is 53.1 Å². The summed E-state index contributed by atoms with van der Waals surface area (Å²) in [6.07, 6.45) is 8.26. The van der Waals surface area contributed by atoms with E-state index >= 15 is 0 Å². The van der Waals surface area contributed by atoms with E-state index in [1.165, 1.54) is 11.3 Å². The molecule has 0 saturated carbocycles. The van der Waals surface area contributed by atoms with Gasteiger partial charge >= 0.3 is 0 Å². The summed E-state index contributed by atoms with van der Waals surface area (Å²) in [5.74, 6) is 1.21. The Kier molecular flexibility index (Phi) is 7.17. The fourth-order valence-electron chi connectivity index (χ4n) is 3.55. The molecule has 7 nitrogen and oxygen atoms in total. The van der Waals surface area contributed by atoms with E-state index in [9.17, 15) is 5.11 Å². The molecule has 2 aromatic rings. The first kappa shape index (κ1) is 20.0. The molecule has 1 aliphatic heterocycles. The van der Waals surface area contributed by atoms with Crippen molar-refractivity contribution in [1.29, 1.82) is 0 Å². The SMILES string of the molecule is CCNC(=NCCCc1ccc(O)cc1)NC1CCCN(c2cnn(C)c2)C1. The molecule has 0 bridgehead atoms. The molecule has 0 radical (unpaired) electrons. The maximum absolute atomic E-state index is 9.36. The summed E-state index contributed by atoms with van der Waals surface area (Å²) in [6.45, 7) is 5.75. The fraction of sp³-hybridized carbons (Fsp3) is 0.524. The van der Waals surface area contributed by atoms with Crippen LogP contribution in [0.25, 0.3) is 0 Å². The average molecular weight is 385 g/mol. The Morgan fingerprint density at radius 1 is 1.32 bits per heavy atom. The normalized spacial score (nSPS) is 17.6. The van der Waals surface area contributed by atoms with Crippen LogP contribution < -0.4 is 15.5 Å². The van der Waals surface area contributed by atoms with Crippen LogP contribution in [0.3, 0.4) is 0 Å². The molecule has 1 saturated heterocycles. The van der Waals surface area contributed by atoms with Gasteiger partial charge in [0.05, 0.1) is 11.9 Å². The summed E-state index contributed by atoms with van der Waals surface area (Å²) in [7, 11) is 1.96. The third-order valence-corrected chi connectivity index (χ3v) is 4.99. The number of hydrogen-bond donors (Lipinski definition) is 3. The van der Waals surface area contributed by atoms with Crippen LogP contribution in [0.1, 0.15) is 31.7 Å². The van der Waals surface area contributed by atoms with Crippen molar-refractivity contribution in [3.05, 3.63) is 42.2 Å². The third kappa shape index (κ3) is 5.90. The first-order valence-electron chi connectivity index (χ1n) is 10.2. The highest BCUT2D eigenvalue weighted by Gasteiger charge is 2.21. The monoisotopic (exact) mass is 384 g/mol. The summed E-state index contributed by atoms with van der Waals surface area (Å²) in [5.41, 5.74) is 2.41. The van der Waals surface area contributed by atoms with E-state index < -0.39 is 0 Å². The number of benzene rings is 1. The molecule has 0 amide bonds. The van der Waals surface area contributed by atoms with E-state index in [1.54, 1.807) is 12.1 Å². The number of guanidine groups is 1. The molecule has 152 valence electrons. The number of aromatic nitrogens is 2. The summed E-state index contributed by atoms with van der Waals surface area (Å²) < 4.78 is 1.85. The van der Waals surface area contributed by atoms with E-state index in [-0.39, 0.29) is 0 Å². The van der Waals surface area contributed by atoms with Crippen LogP contribution >= 0.6 is 0 Å². The van der Waals surface area contributed by atoms with Crippen LogP contribution in [0, 0.1) is 0 Å². The number of piperidine rings is 1. The van der Waals surface area contributed by atoms with Gasteiger partial charge in [-0.2, -0.15) is 5.10 Å². The van der Waals surface area contributed by atoms with Gasteiger partial charge in [0.2, 0.25) is 0 Å². The second kappa shape index (κ2) is 10.0. The Labute approximate surface area is 167 Å². The van der Waals surface area contributed by atoms with E-state index in [0.717, 1.165) is 57.8 Å². The Hall–Kier alpha value is -2.70. The van der Waals surface area contributed by atoms with E-state index in [0.29, 0.717) is 11.8 Å². The predicted molar refractivity (Wildman–Crippen MR) is 114 cm³/mol. The van der Waals surface area contributed by atoms with Gasteiger partial charge in [0.1, 0.15) is 5.75 Å². The molecule has 1 unspecified atom stereocenters. The maximum Gasteiger partial charge on any atom is 0.191 e. The Balaban J connectivity index is 1.49. The Morgan fingerprint density at radius 2 is 2.14 bits per heavy atom. The summed E-state index contributed by atoms with van der Waals surface area (Å²) >= 11 is 0. The minimum atomic E-state index is 0.313. The number of hydrogen-bond acceptors (Lipinski definition) is 4. The van der Waals surface area contributed by atoms with Gasteiger partial charge in [-0.25, -0.2) is 0 Å². The molecule has 3 N–H and O–H groups in total. The molecule has 1 aromatic heterocycles. The zero-order valence-corrected chi connectivity index (χ0v) is 16.9. The summed E-state index contributed by atoms with van der Waals surface area (Å²) in [4.78, 5) is 7.14. The van der Waals surface area contributed by atoms with Gasteiger partial charge in [0.15, 0.2) is 5.96 Å². The molecule has 1 aromatic carbocycles. The number of nitrogens with one attached hydrogen (secondary N) is 2. The molecular formula is C21H32N6O. The van der Waals surface area contributed by atoms with Gasteiger partial charge in [0, 0.05) is 45.5 Å². The predicted octanol–water partition coefficient (Wildman–Crippen LogP) is 2.28. The fourth-order valence-corrected chi connectivity index (χ4v) is 3.55. The molecule has 2 heterocycles. The first-order chi connectivity index (χ1) is 13.6. The molecular weight excluding hydrogens is 352 g/mol. The first-order valence-corrected chi connectivity index (χ1v) is 10.2. The Morgan fingerprint density at radius 3 is 2.86 bits per heavy atom. The summed E-state index contributed by atoms with van der Waals surface area (Å²) in [6, 6.07) is 7.79. The highest BCUT2D eigenvalue weighted by Crippen LogP contribution is 2.19. The van der Waals surface area contributed by atoms with Gasteiger partial charge in [-0.15, -0.1) is 0 Å². The van der Waals surface area contributed by atoms with Gasteiger partial charge in [0.25, 0.3) is 0 Å². The smallest absolute Gasteiger partial charge is 0.191 e. The van der Waals surface area contributed by atoms with Crippen LogP contribution in [-0.2, 0) is 13.5 Å².